The summed E-state index contributed by atoms with van der Waals surface area (Å²) in [5.41, 5.74) is -0.564. The molecule has 0 aliphatic heterocycles. The van der Waals surface area contributed by atoms with Gasteiger partial charge in [-0.25, -0.2) is 0 Å². The standard InChI is InChI=1S/C22H19Cl2F3N2O2/c1-12(18(30)28-15-5-3-14(4-6-15)22(25,26)27)20-9-21(10-20,11-20)29-19(31)13-2-7-16(23)17(24)8-13/h2-8,12H,9-11H2,1H3,(H,28,30)(H,29,31)/t12-,20?,21?/m0/s1. The SMILES string of the molecule is C[C@@H](C(=O)Nc1ccc(C(F)(F)F)cc1)C12CC(NC(=O)c3ccc(Cl)c(Cl)c3)(C1)C2. The lowest BCUT2D eigenvalue weighted by molar-refractivity contribution is -0.184. The normalized spacial score (nSPS) is 25.1. The fourth-order valence-corrected chi connectivity index (χ4v) is 4.98. The van der Waals surface area contributed by atoms with E-state index in [1.54, 1.807) is 12.1 Å². The van der Waals surface area contributed by atoms with Gasteiger partial charge in [-0.05, 0) is 67.1 Å². The van der Waals surface area contributed by atoms with Crippen molar-refractivity contribution in [3.05, 3.63) is 63.6 Å². The second-order valence-electron chi connectivity index (χ2n) is 8.54. The van der Waals surface area contributed by atoms with Gasteiger partial charge in [0, 0.05) is 22.7 Å². The number of carbonyl (C=O) groups excluding carboxylic acids is 2. The third-order valence-corrected chi connectivity index (χ3v) is 7.16. The van der Waals surface area contributed by atoms with Crippen molar-refractivity contribution in [2.75, 3.05) is 5.32 Å². The number of rotatable bonds is 5. The van der Waals surface area contributed by atoms with Gasteiger partial charge in [0.2, 0.25) is 5.91 Å². The number of carbonyl (C=O) groups is 2. The smallest absolute Gasteiger partial charge is 0.347 e. The molecule has 164 valence electrons. The summed E-state index contributed by atoms with van der Waals surface area (Å²) in [6.45, 7) is 1.81. The minimum atomic E-state index is -4.42. The van der Waals surface area contributed by atoms with Crippen LogP contribution in [0.15, 0.2) is 42.5 Å². The first-order chi connectivity index (χ1) is 14.4. The second kappa shape index (κ2) is 7.41. The van der Waals surface area contributed by atoms with Gasteiger partial charge >= 0.3 is 6.18 Å². The van der Waals surface area contributed by atoms with E-state index >= 15 is 0 Å². The van der Waals surface area contributed by atoms with Crippen molar-refractivity contribution in [1.29, 1.82) is 0 Å². The fraction of sp³-hybridized carbons (Fsp3) is 0.364. The largest absolute Gasteiger partial charge is 0.416 e. The topological polar surface area (TPSA) is 58.2 Å². The average molecular weight is 471 g/mol. The Morgan fingerprint density at radius 2 is 1.61 bits per heavy atom. The number of halogens is 5. The molecule has 0 radical (unpaired) electrons. The summed E-state index contributed by atoms with van der Waals surface area (Å²) in [6.07, 6.45) is -2.39. The highest BCUT2D eigenvalue weighted by Crippen LogP contribution is 2.70. The summed E-state index contributed by atoms with van der Waals surface area (Å²) >= 11 is 11.9. The molecule has 0 aromatic heterocycles. The Kier molecular flexibility index (Phi) is 5.25. The van der Waals surface area contributed by atoms with Crippen LogP contribution in [-0.4, -0.2) is 17.4 Å². The van der Waals surface area contributed by atoms with Crippen LogP contribution >= 0.6 is 23.2 Å². The maximum Gasteiger partial charge on any atom is 0.416 e. The molecule has 0 spiro atoms. The minimum absolute atomic E-state index is 0.207. The molecule has 2 aromatic carbocycles. The predicted molar refractivity (Wildman–Crippen MR) is 112 cm³/mol. The van der Waals surface area contributed by atoms with Gasteiger partial charge in [-0.15, -0.1) is 0 Å². The number of hydrogen-bond donors (Lipinski definition) is 2. The highest BCUT2D eigenvalue weighted by Gasteiger charge is 2.71. The average Bonchev–Trinajstić information content (AvgIpc) is 2.64. The van der Waals surface area contributed by atoms with Crippen molar-refractivity contribution in [2.45, 2.75) is 37.9 Å². The highest BCUT2D eigenvalue weighted by molar-refractivity contribution is 6.42. The molecular formula is C22H19Cl2F3N2O2. The van der Waals surface area contributed by atoms with Gasteiger partial charge in [0.1, 0.15) is 0 Å². The summed E-state index contributed by atoms with van der Waals surface area (Å²) in [7, 11) is 0. The summed E-state index contributed by atoms with van der Waals surface area (Å²) in [6, 6.07) is 9.05. The predicted octanol–water partition coefficient (Wildman–Crippen LogP) is 5.94. The van der Waals surface area contributed by atoms with Crippen LogP contribution in [0.25, 0.3) is 0 Å². The quantitative estimate of drug-likeness (QED) is 0.567. The number of hydrogen-bond acceptors (Lipinski definition) is 2. The zero-order valence-corrected chi connectivity index (χ0v) is 18.0. The first kappa shape index (κ1) is 22.0. The van der Waals surface area contributed by atoms with Crippen LogP contribution in [0, 0.1) is 11.3 Å². The molecule has 2 amide bonds. The van der Waals surface area contributed by atoms with Crippen LogP contribution in [-0.2, 0) is 11.0 Å². The number of benzene rings is 2. The molecule has 3 aliphatic carbocycles. The Morgan fingerprint density at radius 1 is 1.00 bits per heavy atom. The molecule has 2 aromatic rings. The Bertz CT molecular complexity index is 1030. The van der Waals surface area contributed by atoms with Gasteiger partial charge < -0.3 is 10.6 Å². The molecule has 2 bridgehead atoms. The fourth-order valence-electron chi connectivity index (χ4n) is 4.68. The second-order valence-corrected chi connectivity index (χ2v) is 9.36. The molecule has 3 aliphatic rings. The highest BCUT2D eigenvalue weighted by atomic mass is 35.5. The van der Waals surface area contributed by atoms with Gasteiger partial charge in [-0.3, -0.25) is 9.59 Å². The van der Waals surface area contributed by atoms with E-state index < -0.39 is 11.7 Å². The Hall–Kier alpha value is -2.25. The zero-order chi connectivity index (χ0) is 22.6. The van der Waals surface area contributed by atoms with Crippen LogP contribution in [0.2, 0.25) is 10.0 Å². The molecular weight excluding hydrogens is 452 g/mol. The lowest BCUT2D eigenvalue weighted by atomic mass is 9.36. The zero-order valence-electron chi connectivity index (χ0n) is 16.4. The maximum atomic E-state index is 12.7. The van der Waals surface area contributed by atoms with Gasteiger partial charge in [0.25, 0.3) is 5.91 Å². The minimum Gasteiger partial charge on any atom is -0.347 e. The lowest BCUT2D eigenvalue weighted by Crippen LogP contribution is -2.77. The molecule has 2 N–H and O–H groups in total. The third kappa shape index (κ3) is 4.01. The monoisotopic (exact) mass is 470 g/mol. The summed E-state index contributed by atoms with van der Waals surface area (Å²) in [5, 5.41) is 6.39. The molecule has 3 fully saturated rings. The first-order valence-corrected chi connectivity index (χ1v) is 10.4. The van der Waals surface area contributed by atoms with Crippen molar-refractivity contribution < 1.29 is 22.8 Å². The van der Waals surface area contributed by atoms with Crippen molar-refractivity contribution in [2.24, 2.45) is 11.3 Å². The van der Waals surface area contributed by atoms with Crippen LogP contribution in [0.1, 0.15) is 42.1 Å². The maximum absolute atomic E-state index is 12.7. The van der Waals surface area contributed by atoms with E-state index in [9.17, 15) is 22.8 Å². The molecule has 31 heavy (non-hydrogen) atoms. The van der Waals surface area contributed by atoms with E-state index in [2.05, 4.69) is 10.6 Å². The van der Waals surface area contributed by atoms with Gasteiger partial charge in [0.15, 0.2) is 0 Å². The van der Waals surface area contributed by atoms with Gasteiger partial charge in [-0.2, -0.15) is 13.2 Å². The van der Waals surface area contributed by atoms with E-state index in [1.807, 2.05) is 6.92 Å². The van der Waals surface area contributed by atoms with E-state index in [1.165, 1.54) is 18.2 Å². The first-order valence-electron chi connectivity index (χ1n) is 9.69. The molecule has 5 rings (SSSR count). The summed E-state index contributed by atoms with van der Waals surface area (Å²) in [5.74, 6) is -0.823. The number of alkyl halides is 3. The van der Waals surface area contributed by atoms with Crippen molar-refractivity contribution in [1.82, 2.24) is 5.32 Å². The van der Waals surface area contributed by atoms with Gasteiger partial charge in [0.05, 0.1) is 15.6 Å². The number of anilines is 1. The molecule has 9 heteroatoms. The van der Waals surface area contributed by atoms with Crippen LogP contribution in [0.4, 0.5) is 18.9 Å². The van der Waals surface area contributed by atoms with Crippen LogP contribution < -0.4 is 10.6 Å². The lowest BCUT2D eigenvalue weighted by Gasteiger charge is -2.72. The molecule has 3 saturated carbocycles. The van der Waals surface area contributed by atoms with Gasteiger partial charge in [-0.1, -0.05) is 30.1 Å². The summed E-state index contributed by atoms with van der Waals surface area (Å²) in [4.78, 5) is 25.1. The van der Waals surface area contributed by atoms with Crippen molar-refractivity contribution in [3.63, 3.8) is 0 Å². The molecule has 4 nitrogen and oxygen atoms in total. The Labute approximate surface area is 187 Å². The van der Waals surface area contributed by atoms with E-state index in [-0.39, 0.29) is 28.7 Å². The Morgan fingerprint density at radius 3 is 2.16 bits per heavy atom. The van der Waals surface area contributed by atoms with Crippen LogP contribution in [0.5, 0.6) is 0 Å². The summed E-state index contributed by atoms with van der Waals surface area (Å²) < 4.78 is 38.0. The molecule has 1 atom stereocenters. The van der Waals surface area contributed by atoms with Crippen molar-refractivity contribution >= 4 is 40.7 Å². The molecule has 0 unspecified atom stereocenters. The molecule has 0 heterocycles. The van der Waals surface area contributed by atoms with E-state index in [0.717, 1.165) is 12.1 Å². The van der Waals surface area contributed by atoms with E-state index in [0.29, 0.717) is 40.6 Å². The third-order valence-electron chi connectivity index (χ3n) is 6.42. The molecule has 0 saturated heterocycles. The Balaban J connectivity index is 1.32. The number of nitrogens with one attached hydrogen (secondary N) is 2. The van der Waals surface area contributed by atoms with E-state index in [4.69, 9.17) is 23.2 Å². The number of amides is 2. The van der Waals surface area contributed by atoms with Crippen molar-refractivity contribution in [3.8, 4) is 0 Å². The van der Waals surface area contributed by atoms with Crippen LogP contribution in [0.3, 0.4) is 0 Å².